The number of nitrogens with zero attached hydrogens (tertiary/aromatic N) is 1. The lowest BCUT2D eigenvalue weighted by atomic mass is 10.2. The van der Waals surface area contributed by atoms with Crippen molar-refractivity contribution in [3.63, 3.8) is 0 Å². The van der Waals surface area contributed by atoms with E-state index in [0.29, 0.717) is 45.8 Å². The highest BCUT2D eigenvalue weighted by Gasteiger charge is 2.12. The van der Waals surface area contributed by atoms with Gasteiger partial charge in [-0.3, -0.25) is 4.79 Å². The number of carbonyl (C=O) groups is 1. The molecule has 0 unspecified atom stereocenters. The number of hydrazone groups is 1. The van der Waals surface area contributed by atoms with Crippen molar-refractivity contribution in [2.24, 2.45) is 5.10 Å². The summed E-state index contributed by atoms with van der Waals surface area (Å²) < 4.78 is 21.1. The first kappa shape index (κ1) is 20.4. The fourth-order valence-corrected chi connectivity index (χ4v) is 2.62. The molecule has 0 fully saturated rings. The van der Waals surface area contributed by atoms with Crippen molar-refractivity contribution in [3.05, 3.63) is 46.5 Å². The molecule has 0 heterocycles. The molecule has 8 heteroatoms. The van der Waals surface area contributed by atoms with Crippen LogP contribution in [0.1, 0.15) is 22.8 Å². The Labute approximate surface area is 162 Å². The Kier molecular flexibility index (Phi) is 7.31. The van der Waals surface area contributed by atoms with Gasteiger partial charge < -0.3 is 18.9 Å². The Morgan fingerprint density at radius 2 is 1.81 bits per heavy atom. The summed E-state index contributed by atoms with van der Waals surface area (Å²) in [6.45, 7) is 2.37. The van der Waals surface area contributed by atoms with E-state index >= 15 is 0 Å². The zero-order chi connectivity index (χ0) is 19.8. The van der Waals surface area contributed by atoms with Gasteiger partial charge in [0.15, 0.2) is 23.0 Å². The van der Waals surface area contributed by atoms with Crippen LogP contribution in [-0.4, -0.2) is 40.1 Å². The molecule has 0 spiro atoms. The van der Waals surface area contributed by atoms with Crippen molar-refractivity contribution in [1.82, 2.24) is 5.43 Å². The summed E-state index contributed by atoms with van der Waals surface area (Å²) in [5, 5.41) is 4.33. The number of rotatable bonds is 8. The Hall–Kier alpha value is -2.93. The monoisotopic (exact) mass is 392 g/mol. The summed E-state index contributed by atoms with van der Waals surface area (Å²) in [6.07, 6.45) is 1.46. The van der Waals surface area contributed by atoms with Gasteiger partial charge in [-0.05, 0) is 42.8 Å². The predicted octanol–water partition coefficient (Wildman–Crippen LogP) is 3.53. The third kappa shape index (κ3) is 5.04. The lowest BCUT2D eigenvalue weighted by molar-refractivity contribution is 0.0954. The number of carbonyl (C=O) groups excluding carboxylic acids is 1. The van der Waals surface area contributed by atoms with Crippen LogP contribution in [0.15, 0.2) is 35.4 Å². The summed E-state index contributed by atoms with van der Waals surface area (Å²) in [5.41, 5.74) is 3.48. The van der Waals surface area contributed by atoms with E-state index in [1.54, 1.807) is 30.3 Å². The number of hydrogen-bond donors (Lipinski definition) is 1. The average Bonchev–Trinajstić information content (AvgIpc) is 2.67. The summed E-state index contributed by atoms with van der Waals surface area (Å²) in [6, 6.07) is 8.24. The van der Waals surface area contributed by atoms with Gasteiger partial charge in [-0.15, -0.1) is 0 Å². The molecule has 0 saturated carbocycles. The molecule has 2 rings (SSSR count). The van der Waals surface area contributed by atoms with Gasteiger partial charge >= 0.3 is 0 Å². The fourth-order valence-electron chi connectivity index (χ4n) is 2.33. The number of methoxy groups -OCH3 is 3. The van der Waals surface area contributed by atoms with Crippen molar-refractivity contribution in [3.8, 4) is 23.0 Å². The van der Waals surface area contributed by atoms with Gasteiger partial charge in [-0.1, -0.05) is 11.6 Å². The van der Waals surface area contributed by atoms with Gasteiger partial charge in [0, 0.05) is 5.56 Å². The van der Waals surface area contributed by atoms with E-state index in [0.717, 1.165) is 0 Å². The quantitative estimate of drug-likeness (QED) is 0.549. The minimum absolute atomic E-state index is 0.376. The molecule has 2 aromatic carbocycles. The molecule has 2 aromatic rings. The first-order valence-electron chi connectivity index (χ1n) is 8.09. The number of hydrogen-bond acceptors (Lipinski definition) is 6. The number of amides is 1. The van der Waals surface area contributed by atoms with E-state index < -0.39 is 0 Å². The summed E-state index contributed by atoms with van der Waals surface area (Å²) in [7, 11) is 4.53. The molecule has 0 aromatic heterocycles. The maximum atomic E-state index is 12.3. The van der Waals surface area contributed by atoms with E-state index in [1.165, 1.54) is 27.5 Å². The molecule has 0 aliphatic heterocycles. The smallest absolute Gasteiger partial charge is 0.271 e. The van der Waals surface area contributed by atoms with E-state index in [4.69, 9.17) is 30.5 Å². The third-order valence-electron chi connectivity index (χ3n) is 3.56. The van der Waals surface area contributed by atoms with Gasteiger partial charge in [0.2, 0.25) is 0 Å². The number of benzene rings is 2. The Balaban J connectivity index is 2.12. The van der Waals surface area contributed by atoms with Gasteiger partial charge in [-0.2, -0.15) is 5.10 Å². The largest absolute Gasteiger partial charge is 0.493 e. The maximum Gasteiger partial charge on any atom is 0.271 e. The zero-order valence-electron chi connectivity index (χ0n) is 15.5. The highest BCUT2D eigenvalue weighted by molar-refractivity contribution is 6.32. The Morgan fingerprint density at radius 3 is 2.44 bits per heavy atom. The molecule has 0 radical (unpaired) electrons. The van der Waals surface area contributed by atoms with Crippen LogP contribution in [0.4, 0.5) is 0 Å². The SMILES string of the molecule is CCOc1ccc(C(=O)N/N=C/c2cc(Cl)c(OC)c(OC)c2)cc1OC. The Bertz CT molecular complexity index is 839. The van der Waals surface area contributed by atoms with Crippen molar-refractivity contribution < 1.29 is 23.7 Å². The number of nitrogens with one attached hydrogen (secondary N) is 1. The molecule has 7 nitrogen and oxygen atoms in total. The molecule has 27 heavy (non-hydrogen) atoms. The minimum atomic E-state index is -0.390. The predicted molar refractivity (Wildman–Crippen MR) is 104 cm³/mol. The first-order valence-corrected chi connectivity index (χ1v) is 8.47. The highest BCUT2D eigenvalue weighted by atomic mass is 35.5. The highest BCUT2D eigenvalue weighted by Crippen LogP contribution is 2.35. The van der Waals surface area contributed by atoms with Gasteiger partial charge in [0.05, 0.1) is 39.2 Å². The molecule has 1 amide bonds. The van der Waals surface area contributed by atoms with Crippen LogP contribution in [0.25, 0.3) is 0 Å². The second-order valence-electron chi connectivity index (χ2n) is 5.24. The third-order valence-corrected chi connectivity index (χ3v) is 3.84. The molecule has 0 atom stereocenters. The van der Waals surface area contributed by atoms with Crippen LogP contribution in [0.3, 0.4) is 0 Å². The van der Waals surface area contributed by atoms with Crippen molar-refractivity contribution >= 4 is 23.7 Å². The molecular weight excluding hydrogens is 372 g/mol. The molecule has 0 aliphatic carbocycles. The summed E-state index contributed by atoms with van der Waals surface area (Å²) in [5.74, 6) is 1.55. The second kappa shape index (κ2) is 9.68. The van der Waals surface area contributed by atoms with E-state index in [-0.39, 0.29) is 5.91 Å². The topological polar surface area (TPSA) is 78.4 Å². The first-order chi connectivity index (χ1) is 13.0. The summed E-state index contributed by atoms with van der Waals surface area (Å²) >= 11 is 6.14. The second-order valence-corrected chi connectivity index (χ2v) is 5.64. The van der Waals surface area contributed by atoms with Gasteiger partial charge in [0.25, 0.3) is 5.91 Å². The summed E-state index contributed by atoms with van der Waals surface area (Å²) in [4.78, 5) is 12.3. The maximum absolute atomic E-state index is 12.3. The van der Waals surface area contributed by atoms with Crippen LogP contribution < -0.4 is 24.4 Å². The number of halogens is 1. The lowest BCUT2D eigenvalue weighted by Crippen LogP contribution is -2.17. The standard InChI is InChI=1S/C19H21ClN2O5/c1-5-27-15-7-6-13(10-16(15)24-2)19(23)22-21-11-12-8-14(20)18(26-4)17(9-12)25-3/h6-11H,5H2,1-4H3,(H,22,23)/b21-11+. The Morgan fingerprint density at radius 1 is 1.07 bits per heavy atom. The van der Waals surface area contributed by atoms with Crippen LogP contribution in [0.5, 0.6) is 23.0 Å². The van der Waals surface area contributed by atoms with E-state index in [1.807, 2.05) is 6.92 Å². The molecule has 0 bridgehead atoms. The van der Waals surface area contributed by atoms with Crippen molar-refractivity contribution in [2.45, 2.75) is 6.92 Å². The lowest BCUT2D eigenvalue weighted by Gasteiger charge is -2.10. The normalized spacial score (nSPS) is 10.6. The molecular formula is C19H21ClN2O5. The average molecular weight is 393 g/mol. The molecule has 144 valence electrons. The minimum Gasteiger partial charge on any atom is -0.493 e. The van der Waals surface area contributed by atoms with Crippen LogP contribution in [0.2, 0.25) is 5.02 Å². The van der Waals surface area contributed by atoms with Crippen LogP contribution in [0, 0.1) is 0 Å². The van der Waals surface area contributed by atoms with Crippen LogP contribution >= 0.6 is 11.6 Å². The van der Waals surface area contributed by atoms with Gasteiger partial charge in [0.1, 0.15) is 0 Å². The van der Waals surface area contributed by atoms with Crippen LogP contribution in [-0.2, 0) is 0 Å². The number of ether oxygens (including phenoxy) is 4. The molecule has 0 aliphatic rings. The fraction of sp³-hybridized carbons (Fsp3) is 0.263. The van der Waals surface area contributed by atoms with Crippen molar-refractivity contribution in [2.75, 3.05) is 27.9 Å². The van der Waals surface area contributed by atoms with Crippen molar-refractivity contribution in [1.29, 1.82) is 0 Å². The molecule has 0 saturated heterocycles. The van der Waals surface area contributed by atoms with Gasteiger partial charge in [-0.25, -0.2) is 5.43 Å². The van der Waals surface area contributed by atoms with E-state index in [9.17, 15) is 4.79 Å². The van der Waals surface area contributed by atoms with E-state index in [2.05, 4.69) is 10.5 Å². The molecule has 1 N–H and O–H groups in total. The zero-order valence-corrected chi connectivity index (χ0v) is 16.3.